The van der Waals surface area contributed by atoms with Crippen molar-refractivity contribution in [1.29, 1.82) is 0 Å². The highest BCUT2D eigenvalue weighted by atomic mass is 16.6. The summed E-state index contributed by atoms with van der Waals surface area (Å²) in [7, 11) is 3.22. The largest absolute Gasteiger partial charge is 0.497 e. The van der Waals surface area contributed by atoms with Gasteiger partial charge in [-0.25, -0.2) is 4.98 Å². The van der Waals surface area contributed by atoms with Crippen LogP contribution in [0.5, 0.6) is 17.4 Å². The lowest BCUT2D eigenvalue weighted by Gasteiger charge is -2.37. The summed E-state index contributed by atoms with van der Waals surface area (Å²) in [5.41, 5.74) is 2.81. The first kappa shape index (κ1) is 45.9. The van der Waals surface area contributed by atoms with Crippen molar-refractivity contribution >= 4 is 34.7 Å². The number of rotatable bonds is 21. The molecule has 65 heavy (non-hydrogen) atoms. The molecule has 1 unspecified atom stereocenters. The first-order valence-corrected chi connectivity index (χ1v) is 20.9. The zero-order valence-electron chi connectivity index (χ0n) is 36.3. The summed E-state index contributed by atoms with van der Waals surface area (Å²) in [5, 5.41) is 25.9. The van der Waals surface area contributed by atoms with Crippen molar-refractivity contribution in [2.75, 3.05) is 45.9 Å². The van der Waals surface area contributed by atoms with E-state index in [1.807, 2.05) is 78.9 Å². The Labute approximate surface area is 374 Å². The quantitative estimate of drug-likeness (QED) is 0.0349. The number of carbonyl (C=O) groups is 2. The molecule has 1 saturated heterocycles. The summed E-state index contributed by atoms with van der Waals surface area (Å²) in [5.74, 6) is 0.637. The maximum atomic E-state index is 11.8. The minimum atomic E-state index is -1.15. The molecule has 3 heterocycles. The van der Waals surface area contributed by atoms with Gasteiger partial charge in [0.05, 0.1) is 44.8 Å². The molecule has 0 spiro atoms. The second-order valence-electron chi connectivity index (χ2n) is 15.2. The zero-order valence-corrected chi connectivity index (χ0v) is 36.3. The normalized spacial score (nSPS) is 16.4. The Morgan fingerprint density at radius 2 is 1.55 bits per heavy atom. The van der Waals surface area contributed by atoms with E-state index in [0.29, 0.717) is 29.1 Å². The van der Waals surface area contributed by atoms with E-state index in [2.05, 4.69) is 15.3 Å². The van der Waals surface area contributed by atoms with Crippen LogP contribution in [0.2, 0.25) is 0 Å². The van der Waals surface area contributed by atoms with E-state index < -0.39 is 47.0 Å². The molecule has 0 amide bonds. The van der Waals surface area contributed by atoms with Crippen molar-refractivity contribution in [2.24, 2.45) is 0 Å². The molecule has 0 aliphatic carbocycles. The van der Waals surface area contributed by atoms with Gasteiger partial charge in [-0.15, -0.1) is 0 Å². The first-order valence-electron chi connectivity index (χ1n) is 20.9. The van der Waals surface area contributed by atoms with Crippen LogP contribution in [0.4, 0.5) is 11.6 Å². The van der Waals surface area contributed by atoms with Crippen molar-refractivity contribution in [2.45, 2.75) is 63.3 Å². The van der Waals surface area contributed by atoms with E-state index in [-0.39, 0.29) is 56.7 Å². The predicted octanol–water partition coefficient (Wildman–Crippen LogP) is 6.33. The van der Waals surface area contributed by atoms with Crippen molar-refractivity contribution < 1.29 is 52.8 Å². The molecule has 340 valence electrons. The molecule has 2 aromatic heterocycles. The molecule has 4 aromatic carbocycles. The Morgan fingerprint density at radius 1 is 0.908 bits per heavy atom. The number of aromatic nitrogens is 4. The third-order valence-corrected chi connectivity index (χ3v) is 10.9. The molecular formula is C47H50N6O12. The minimum absolute atomic E-state index is 0.0183. The number of nitrogens with one attached hydrogen (secondary N) is 1. The lowest BCUT2D eigenvalue weighted by Crippen LogP contribution is -2.38. The third-order valence-electron chi connectivity index (χ3n) is 10.9. The summed E-state index contributed by atoms with van der Waals surface area (Å²) in [4.78, 5) is 47.9. The Bertz CT molecular complexity index is 2490. The van der Waals surface area contributed by atoms with E-state index in [9.17, 15) is 24.8 Å². The summed E-state index contributed by atoms with van der Waals surface area (Å²) >= 11 is 0. The highest BCUT2D eigenvalue weighted by molar-refractivity contribution is 5.78. The topological polar surface area (TPSA) is 218 Å². The smallest absolute Gasteiger partial charge is 0.303 e. The van der Waals surface area contributed by atoms with Crippen molar-refractivity contribution in [3.05, 3.63) is 142 Å². The second kappa shape index (κ2) is 21.0. The number of ether oxygens (including phenoxy) is 7. The number of aliphatic hydroxyl groups is 1. The van der Waals surface area contributed by atoms with Gasteiger partial charge in [0, 0.05) is 51.8 Å². The van der Waals surface area contributed by atoms with Gasteiger partial charge < -0.3 is 43.6 Å². The number of non-ortho nitro benzene ring substituents is 1. The average molecular weight is 891 g/mol. The first-order chi connectivity index (χ1) is 31.5. The van der Waals surface area contributed by atoms with E-state index in [1.165, 1.54) is 26.0 Å². The molecular weight excluding hydrogens is 841 g/mol. The van der Waals surface area contributed by atoms with Crippen LogP contribution in [0.1, 0.15) is 55.2 Å². The minimum Gasteiger partial charge on any atom is -0.497 e. The maximum absolute atomic E-state index is 11.8. The maximum Gasteiger partial charge on any atom is 0.303 e. The number of hydrogen-bond donors (Lipinski definition) is 2. The Kier molecular flexibility index (Phi) is 14.8. The lowest BCUT2D eigenvalue weighted by molar-refractivity contribution is -0.384. The van der Waals surface area contributed by atoms with Gasteiger partial charge in [-0.2, -0.15) is 9.97 Å². The van der Waals surface area contributed by atoms with Crippen molar-refractivity contribution in [3.8, 4) is 17.4 Å². The number of esters is 2. The number of nitrogens with zero attached hydrogens (tertiary/aromatic N) is 5. The highest BCUT2D eigenvalue weighted by Gasteiger charge is 2.42. The Balaban J connectivity index is 1.16. The number of methoxy groups -OCH3 is 2. The van der Waals surface area contributed by atoms with Crippen LogP contribution in [0.15, 0.2) is 109 Å². The number of benzene rings is 4. The number of fused-ring (bicyclic) bond motifs is 1. The summed E-state index contributed by atoms with van der Waals surface area (Å²) in [6.45, 7) is 2.75. The van der Waals surface area contributed by atoms with Gasteiger partial charge in [0.1, 0.15) is 42.1 Å². The molecule has 1 aliphatic heterocycles. The number of nitro benzene ring substituents is 1. The van der Waals surface area contributed by atoms with Gasteiger partial charge in [-0.1, -0.05) is 66.7 Å². The van der Waals surface area contributed by atoms with Gasteiger partial charge in [0.15, 0.2) is 11.2 Å². The van der Waals surface area contributed by atoms with Crippen LogP contribution in [0.25, 0.3) is 11.2 Å². The van der Waals surface area contributed by atoms with E-state index in [1.54, 1.807) is 37.2 Å². The molecule has 0 radical (unpaired) electrons. The van der Waals surface area contributed by atoms with Gasteiger partial charge in [-0.05, 0) is 46.5 Å². The van der Waals surface area contributed by atoms with E-state index in [4.69, 9.17) is 38.1 Å². The SMILES string of the molecule is COc1ccc(C(OC[C@H]2O[C@@H](n3cnc4c(OCCc5ccc([N+](=O)[O-])cc5)nc(NCCC(COC(C)=O)OC(C)=O)nc43)C[C@@H]2O)(c2ccccc2)c2ccc(OC)cc2)cc1. The van der Waals surface area contributed by atoms with Gasteiger partial charge >= 0.3 is 11.9 Å². The van der Waals surface area contributed by atoms with Gasteiger partial charge in [0.2, 0.25) is 11.8 Å². The number of nitro groups is 1. The molecule has 2 N–H and O–H groups in total. The van der Waals surface area contributed by atoms with Crippen LogP contribution in [0.3, 0.4) is 0 Å². The fourth-order valence-electron chi connectivity index (χ4n) is 7.61. The lowest BCUT2D eigenvalue weighted by atomic mass is 9.80. The van der Waals surface area contributed by atoms with Crippen LogP contribution >= 0.6 is 0 Å². The van der Waals surface area contributed by atoms with Crippen LogP contribution in [0, 0.1) is 10.1 Å². The molecule has 7 rings (SSSR count). The van der Waals surface area contributed by atoms with Crippen molar-refractivity contribution in [1.82, 2.24) is 19.5 Å². The number of aliphatic hydroxyl groups excluding tert-OH is 1. The van der Waals surface area contributed by atoms with Crippen LogP contribution in [-0.2, 0) is 40.6 Å². The summed E-state index contributed by atoms with van der Waals surface area (Å²) < 4.78 is 42.9. The van der Waals surface area contributed by atoms with E-state index in [0.717, 1.165) is 22.3 Å². The van der Waals surface area contributed by atoms with Gasteiger partial charge in [0.25, 0.3) is 5.69 Å². The highest BCUT2D eigenvalue weighted by Crippen LogP contribution is 2.43. The fraction of sp³-hybridized carbons (Fsp3) is 0.340. The van der Waals surface area contributed by atoms with Crippen molar-refractivity contribution in [3.63, 3.8) is 0 Å². The molecule has 18 heteroatoms. The van der Waals surface area contributed by atoms with Gasteiger partial charge in [-0.3, -0.25) is 24.3 Å². The number of imidazole rings is 1. The molecule has 18 nitrogen and oxygen atoms in total. The molecule has 6 aromatic rings. The molecule has 0 saturated carbocycles. The van der Waals surface area contributed by atoms with Crippen LogP contribution < -0.4 is 19.5 Å². The molecule has 0 bridgehead atoms. The summed E-state index contributed by atoms with van der Waals surface area (Å²) in [6.07, 6.45) is -0.819. The number of hydrogen-bond acceptors (Lipinski definition) is 16. The number of anilines is 1. The Hall–Kier alpha value is -7.15. The monoisotopic (exact) mass is 890 g/mol. The second-order valence-corrected chi connectivity index (χ2v) is 15.2. The third kappa shape index (κ3) is 11.0. The molecule has 1 fully saturated rings. The zero-order chi connectivity index (χ0) is 45.9. The van der Waals surface area contributed by atoms with E-state index >= 15 is 0 Å². The predicted molar refractivity (Wildman–Crippen MR) is 236 cm³/mol. The molecule has 4 atom stereocenters. The fourth-order valence-corrected chi connectivity index (χ4v) is 7.61. The Morgan fingerprint density at radius 3 is 2.15 bits per heavy atom. The van der Waals surface area contributed by atoms with Crippen LogP contribution in [-0.4, -0.2) is 100 Å². The summed E-state index contributed by atoms with van der Waals surface area (Å²) in [6, 6.07) is 31.3. The number of carbonyl (C=O) groups excluding carboxylic acids is 2. The average Bonchev–Trinajstić information content (AvgIpc) is 3.91. The molecule has 1 aliphatic rings. The standard InChI is InChI=1S/C47H50N6O12/c1-30(54)62-27-39(64-31(2)55)22-24-48-46-50-44-43(45(51-46)61-25-23-32-10-16-36(17-11-32)53(57)58)49-29-52(44)42-26-40(56)41(65-42)28-63-47(33-8-6-5-7-9-33,34-12-18-37(59-3)19-13-34)35-14-20-38(60-4)21-15-35/h5-21,29,39-42,56H,22-28H2,1-4H3,(H,48,50,51)/t39?,40-,41+,42+/m0/s1.